The van der Waals surface area contributed by atoms with E-state index in [-0.39, 0.29) is 5.41 Å². The van der Waals surface area contributed by atoms with E-state index in [2.05, 4.69) is 52.0 Å². The number of ether oxygens (including phenoxy) is 1. The zero-order valence-corrected chi connectivity index (χ0v) is 12.8. The van der Waals surface area contributed by atoms with E-state index in [1.807, 2.05) is 6.92 Å². The van der Waals surface area contributed by atoms with Gasteiger partial charge in [-0.1, -0.05) is 39.8 Å². The van der Waals surface area contributed by atoms with Crippen LogP contribution in [0.25, 0.3) is 0 Å². The fourth-order valence-electron chi connectivity index (χ4n) is 2.17. The SMILES string of the molecule is CCOc1ccc(C(C)CCC#N)cc1C(C)(C)C. The maximum atomic E-state index is 8.69. The summed E-state index contributed by atoms with van der Waals surface area (Å²) in [6, 6.07) is 8.66. The Morgan fingerprint density at radius 2 is 2.00 bits per heavy atom. The van der Waals surface area contributed by atoms with E-state index < -0.39 is 0 Å². The molecule has 1 aromatic rings. The van der Waals surface area contributed by atoms with Gasteiger partial charge >= 0.3 is 0 Å². The lowest BCUT2D eigenvalue weighted by Crippen LogP contribution is -2.14. The monoisotopic (exact) mass is 259 g/mol. The first-order chi connectivity index (χ1) is 8.90. The van der Waals surface area contributed by atoms with Crippen LogP contribution in [0.1, 0.15) is 64.5 Å². The summed E-state index contributed by atoms with van der Waals surface area (Å²) in [4.78, 5) is 0. The number of nitriles is 1. The summed E-state index contributed by atoms with van der Waals surface area (Å²) >= 11 is 0. The summed E-state index contributed by atoms with van der Waals surface area (Å²) in [6.07, 6.45) is 1.52. The lowest BCUT2D eigenvalue weighted by molar-refractivity contribution is 0.329. The van der Waals surface area contributed by atoms with Gasteiger partial charge in [0, 0.05) is 6.42 Å². The molecule has 1 unspecified atom stereocenters. The number of hydrogen-bond donors (Lipinski definition) is 0. The second kappa shape index (κ2) is 6.61. The Balaban J connectivity index is 3.08. The fraction of sp³-hybridized carbons (Fsp3) is 0.588. The Morgan fingerprint density at radius 1 is 1.32 bits per heavy atom. The molecule has 0 aliphatic rings. The first kappa shape index (κ1) is 15.6. The highest BCUT2D eigenvalue weighted by Gasteiger charge is 2.20. The van der Waals surface area contributed by atoms with Crippen LogP contribution in [0.15, 0.2) is 18.2 Å². The molecular weight excluding hydrogens is 234 g/mol. The third-order valence-electron chi connectivity index (χ3n) is 3.37. The van der Waals surface area contributed by atoms with Gasteiger partial charge in [-0.2, -0.15) is 5.26 Å². The quantitative estimate of drug-likeness (QED) is 0.761. The number of nitrogens with zero attached hydrogens (tertiary/aromatic N) is 1. The Kier molecular flexibility index (Phi) is 5.42. The second-order valence-electron chi connectivity index (χ2n) is 6.04. The zero-order chi connectivity index (χ0) is 14.5. The Bertz CT molecular complexity index is 451. The van der Waals surface area contributed by atoms with E-state index in [1.165, 1.54) is 11.1 Å². The van der Waals surface area contributed by atoms with Gasteiger partial charge < -0.3 is 4.74 Å². The minimum atomic E-state index is 0.0649. The second-order valence-corrected chi connectivity index (χ2v) is 6.04. The van der Waals surface area contributed by atoms with Crippen molar-refractivity contribution in [3.8, 4) is 11.8 Å². The van der Waals surface area contributed by atoms with Crippen molar-refractivity contribution in [1.82, 2.24) is 0 Å². The van der Waals surface area contributed by atoms with Crippen LogP contribution in [0.4, 0.5) is 0 Å². The largest absolute Gasteiger partial charge is 0.494 e. The van der Waals surface area contributed by atoms with Crippen molar-refractivity contribution in [2.24, 2.45) is 0 Å². The summed E-state index contributed by atoms with van der Waals surface area (Å²) in [6.45, 7) is 11.5. The maximum Gasteiger partial charge on any atom is 0.123 e. The molecule has 1 atom stereocenters. The van der Waals surface area contributed by atoms with Gasteiger partial charge in [-0.25, -0.2) is 0 Å². The van der Waals surface area contributed by atoms with Crippen molar-refractivity contribution < 1.29 is 4.74 Å². The summed E-state index contributed by atoms with van der Waals surface area (Å²) in [5.74, 6) is 1.39. The fourth-order valence-corrected chi connectivity index (χ4v) is 2.17. The lowest BCUT2D eigenvalue weighted by atomic mass is 9.83. The summed E-state index contributed by atoms with van der Waals surface area (Å²) < 4.78 is 5.73. The predicted molar refractivity (Wildman–Crippen MR) is 79.6 cm³/mol. The van der Waals surface area contributed by atoms with Crippen molar-refractivity contribution >= 4 is 0 Å². The molecule has 0 N–H and O–H groups in total. The third kappa shape index (κ3) is 4.28. The predicted octanol–water partition coefficient (Wildman–Crippen LogP) is 4.79. The molecule has 0 aromatic heterocycles. The van der Waals surface area contributed by atoms with Crippen LogP contribution in [0, 0.1) is 11.3 Å². The van der Waals surface area contributed by atoms with Crippen LogP contribution in [-0.2, 0) is 5.41 Å². The van der Waals surface area contributed by atoms with Gasteiger partial charge in [-0.3, -0.25) is 0 Å². The van der Waals surface area contributed by atoms with Crippen LogP contribution >= 0.6 is 0 Å². The molecule has 0 radical (unpaired) electrons. The summed E-state index contributed by atoms with van der Waals surface area (Å²) in [7, 11) is 0. The zero-order valence-electron chi connectivity index (χ0n) is 12.8. The van der Waals surface area contributed by atoms with Gasteiger partial charge in [0.15, 0.2) is 0 Å². The molecule has 0 heterocycles. The minimum absolute atomic E-state index is 0.0649. The highest BCUT2D eigenvalue weighted by atomic mass is 16.5. The molecule has 0 amide bonds. The first-order valence-corrected chi connectivity index (χ1v) is 7.04. The standard InChI is InChI=1S/C17H25NO/c1-6-19-16-10-9-14(13(2)8-7-11-18)12-15(16)17(3,4)5/h9-10,12-13H,6-8H2,1-5H3. The number of benzene rings is 1. The molecule has 1 aromatic carbocycles. The number of hydrogen-bond acceptors (Lipinski definition) is 2. The average molecular weight is 259 g/mol. The molecule has 0 aliphatic heterocycles. The molecule has 0 saturated heterocycles. The van der Waals surface area contributed by atoms with E-state index in [4.69, 9.17) is 10.00 Å². The van der Waals surface area contributed by atoms with Crippen LogP contribution in [0.5, 0.6) is 5.75 Å². The Hall–Kier alpha value is -1.49. The molecule has 0 bridgehead atoms. The van der Waals surface area contributed by atoms with Crippen molar-refractivity contribution in [2.45, 2.75) is 58.8 Å². The van der Waals surface area contributed by atoms with Crippen molar-refractivity contribution in [3.05, 3.63) is 29.3 Å². The first-order valence-electron chi connectivity index (χ1n) is 7.04. The van der Waals surface area contributed by atoms with Crippen LogP contribution in [-0.4, -0.2) is 6.61 Å². The van der Waals surface area contributed by atoms with Crippen LogP contribution in [0.2, 0.25) is 0 Å². The molecule has 104 valence electrons. The van der Waals surface area contributed by atoms with Gasteiger partial charge in [0.25, 0.3) is 0 Å². The molecule has 2 nitrogen and oxygen atoms in total. The molecule has 0 spiro atoms. The molecule has 0 saturated carbocycles. The van der Waals surface area contributed by atoms with Crippen molar-refractivity contribution in [1.29, 1.82) is 5.26 Å². The molecule has 0 aliphatic carbocycles. The smallest absolute Gasteiger partial charge is 0.123 e. The summed E-state index contributed by atoms with van der Waals surface area (Å²) in [5.41, 5.74) is 2.61. The van der Waals surface area contributed by atoms with Crippen molar-refractivity contribution in [2.75, 3.05) is 6.61 Å². The van der Waals surface area contributed by atoms with E-state index in [0.717, 1.165) is 12.2 Å². The molecule has 0 fully saturated rings. The van der Waals surface area contributed by atoms with Crippen molar-refractivity contribution in [3.63, 3.8) is 0 Å². The molecule has 2 heteroatoms. The van der Waals surface area contributed by atoms with E-state index >= 15 is 0 Å². The normalized spacial score (nSPS) is 12.8. The maximum absolute atomic E-state index is 8.69. The van der Waals surface area contributed by atoms with Crippen LogP contribution < -0.4 is 4.74 Å². The molecule has 1 rings (SSSR count). The minimum Gasteiger partial charge on any atom is -0.494 e. The Morgan fingerprint density at radius 3 is 2.53 bits per heavy atom. The summed E-state index contributed by atoms with van der Waals surface area (Å²) in [5, 5.41) is 8.69. The van der Waals surface area contributed by atoms with E-state index in [9.17, 15) is 0 Å². The van der Waals surface area contributed by atoms with E-state index in [1.54, 1.807) is 0 Å². The molecular formula is C17H25NO. The Labute approximate surface area is 117 Å². The highest BCUT2D eigenvalue weighted by Crippen LogP contribution is 2.34. The van der Waals surface area contributed by atoms with Gasteiger partial charge in [0.1, 0.15) is 5.75 Å². The topological polar surface area (TPSA) is 33.0 Å². The van der Waals surface area contributed by atoms with E-state index in [0.29, 0.717) is 18.9 Å². The van der Waals surface area contributed by atoms with Gasteiger partial charge in [0.05, 0.1) is 12.7 Å². The number of rotatable bonds is 5. The third-order valence-corrected chi connectivity index (χ3v) is 3.37. The molecule has 19 heavy (non-hydrogen) atoms. The lowest BCUT2D eigenvalue weighted by Gasteiger charge is -2.24. The average Bonchev–Trinajstić information content (AvgIpc) is 2.35. The van der Waals surface area contributed by atoms with Gasteiger partial charge in [0.2, 0.25) is 0 Å². The van der Waals surface area contributed by atoms with Gasteiger partial charge in [-0.05, 0) is 41.9 Å². The van der Waals surface area contributed by atoms with Gasteiger partial charge in [-0.15, -0.1) is 0 Å². The van der Waals surface area contributed by atoms with Crippen LogP contribution in [0.3, 0.4) is 0 Å². The highest BCUT2D eigenvalue weighted by molar-refractivity contribution is 5.42.